The van der Waals surface area contributed by atoms with Gasteiger partial charge < -0.3 is 10.1 Å². The fourth-order valence-corrected chi connectivity index (χ4v) is 3.88. The van der Waals surface area contributed by atoms with Crippen molar-refractivity contribution >= 4 is 15.7 Å². The van der Waals surface area contributed by atoms with Gasteiger partial charge in [0, 0.05) is 41.6 Å². The summed E-state index contributed by atoms with van der Waals surface area (Å²) in [5.41, 5.74) is 1.25. The smallest absolute Gasteiger partial charge is 0.257 e. The lowest BCUT2D eigenvalue weighted by Crippen LogP contribution is -2.31. The highest BCUT2D eigenvalue weighted by Gasteiger charge is 2.22. The van der Waals surface area contributed by atoms with Gasteiger partial charge in [-0.25, -0.2) is 8.42 Å². The first-order chi connectivity index (χ1) is 13.8. The third-order valence-corrected chi connectivity index (χ3v) is 5.50. The number of aromatic nitrogens is 1. The van der Waals surface area contributed by atoms with Gasteiger partial charge in [0.1, 0.15) is 17.1 Å². The van der Waals surface area contributed by atoms with Gasteiger partial charge in [0.15, 0.2) is 9.84 Å². The number of amides is 1. The molecule has 0 aliphatic heterocycles. The van der Waals surface area contributed by atoms with Gasteiger partial charge in [-0.15, -0.1) is 0 Å². The molecule has 1 aromatic carbocycles. The van der Waals surface area contributed by atoms with Crippen molar-refractivity contribution in [1.82, 2.24) is 10.3 Å². The zero-order valence-electron chi connectivity index (χ0n) is 16.7. The van der Waals surface area contributed by atoms with Gasteiger partial charge >= 0.3 is 0 Å². The lowest BCUT2D eigenvalue weighted by atomic mass is 10.0. The number of nitrogens with zero attached hydrogens (tertiary/aromatic N) is 1. The molecule has 2 aromatic rings. The summed E-state index contributed by atoms with van der Waals surface area (Å²) in [6, 6.07) is 10.7. The maximum absolute atomic E-state index is 12.8. The number of carbonyl (C=O) groups excluding carboxylic acids is 1. The first-order valence-corrected chi connectivity index (χ1v) is 11.7. The number of nitrogens with one attached hydrogen (secondary N) is 1. The second-order valence-electron chi connectivity index (χ2n) is 7.42. The molecule has 1 amide bonds. The molecule has 29 heavy (non-hydrogen) atoms. The monoisotopic (exact) mass is 414 g/mol. The van der Waals surface area contributed by atoms with Gasteiger partial charge in [0.2, 0.25) is 0 Å². The molecule has 1 N–H and O–H groups in total. The predicted octanol–water partition coefficient (Wildman–Crippen LogP) is 4.21. The van der Waals surface area contributed by atoms with Gasteiger partial charge in [0.05, 0.1) is 0 Å². The van der Waals surface area contributed by atoms with E-state index in [1.54, 1.807) is 13.1 Å². The molecule has 0 radical (unpaired) electrons. The second kappa shape index (κ2) is 9.22. The predicted molar refractivity (Wildman–Crippen MR) is 113 cm³/mol. The van der Waals surface area contributed by atoms with E-state index >= 15 is 0 Å². The number of hydrogen-bond acceptors (Lipinski definition) is 5. The molecule has 7 heteroatoms. The van der Waals surface area contributed by atoms with Crippen LogP contribution in [0.5, 0.6) is 11.5 Å². The Labute approximate surface area is 171 Å². The number of benzene rings is 1. The number of carbonyl (C=O) groups is 1. The van der Waals surface area contributed by atoms with Crippen LogP contribution in [0.15, 0.2) is 54.1 Å². The molecule has 1 unspecified atom stereocenters. The van der Waals surface area contributed by atoms with E-state index in [9.17, 15) is 13.2 Å². The van der Waals surface area contributed by atoms with Crippen molar-refractivity contribution < 1.29 is 17.9 Å². The molecule has 0 bridgehead atoms. The van der Waals surface area contributed by atoms with Crippen molar-refractivity contribution in [1.29, 1.82) is 0 Å². The maximum atomic E-state index is 12.8. The molecule has 154 valence electrons. The Balaban J connectivity index is 1.85. The minimum atomic E-state index is -3.25. The van der Waals surface area contributed by atoms with E-state index in [4.69, 9.17) is 4.74 Å². The molecule has 6 nitrogen and oxygen atoms in total. The molecule has 3 rings (SSSR count). The van der Waals surface area contributed by atoms with E-state index in [-0.39, 0.29) is 5.91 Å². The Morgan fingerprint density at radius 1 is 1.24 bits per heavy atom. The zero-order chi connectivity index (χ0) is 20.9. The van der Waals surface area contributed by atoms with Crippen molar-refractivity contribution in [2.75, 3.05) is 6.26 Å². The summed E-state index contributed by atoms with van der Waals surface area (Å²) in [5, 5.41) is 3.86. The Kier molecular flexibility index (Phi) is 6.69. The Hall–Kier alpha value is -2.67. The number of hydrogen-bond donors (Lipinski definition) is 1. The normalized spacial score (nSPS) is 16.1. The van der Waals surface area contributed by atoms with Crippen LogP contribution in [0.25, 0.3) is 0 Å². The summed E-state index contributed by atoms with van der Waals surface area (Å²) in [5.74, 6) is 1.11. The summed E-state index contributed by atoms with van der Waals surface area (Å²) >= 11 is 0. The van der Waals surface area contributed by atoms with E-state index in [0.717, 1.165) is 30.2 Å². The Morgan fingerprint density at radius 3 is 2.59 bits per heavy atom. The summed E-state index contributed by atoms with van der Waals surface area (Å²) in [4.78, 5) is 17.3. The summed E-state index contributed by atoms with van der Waals surface area (Å²) in [7, 11) is -3.25. The molecule has 1 fully saturated rings. The van der Waals surface area contributed by atoms with E-state index in [1.807, 2.05) is 36.4 Å². The number of para-hydroxylation sites is 1. The van der Waals surface area contributed by atoms with Crippen LogP contribution in [0.4, 0.5) is 0 Å². The van der Waals surface area contributed by atoms with Crippen LogP contribution in [0.3, 0.4) is 0 Å². The topological polar surface area (TPSA) is 85.4 Å². The third-order valence-electron chi connectivity index (χ3n) is 4.85. The highest BCUT2D eigenvalue weighted by atomic mass is 32.2. The minimum Gasteiger partial charge on any atom is -0.456 e. The van der Waals surface area contributed by atoms with Crippen LogP contribution in [-0.4, -0.2) is 31.6 Å². The fraction of sp³-hybridized carbons (Fsp3) is 0.364. The molecule has 1 aliphatic carbocycles. The maximum Gasteiger partial charge on any atom is 0.257 e. The zero-order valence-corrected chi connectivity index (χ0v) is 17.5. The van der Waals surface area contributed by atoms with E-state index in [1.165, 1.54) is 18.9 Å². The Bertz CT molecular complexity index is 981. The molecule has 0 saturated heterocycles. The van der Waals surface area contributed by atoms with Crippen LogP contribution in [0.1, 0.15) is 54.6 Å². The molecular formula is C22H26N2O4S. The van der Waals surface area contributed by atoms with Crippen LogP contribution in [0.2, 0.25) is 0 Å². The number of ether oxygens (including phenoxy) is 1. The molecule has 1 aromatic heterocycles. The van der Waals surface area contributed by atoms with Gasteiger partial charge in [-0.3, -0.25) is 9.78 Å². The van der Waals surface area contributed by atoms with Crippen LogP contribution in [0, 0.1) is 0 Å². The molecule has 1 saturated carbocycles. The summed E-state index contributed by atoms with van der Waals surface area (Å²) in [6.07, 6.45) is 8.66. The second-order valence-corrected chi connectivity index (χ2v) is 9.35. The van der Waals surface area contributed by atoms with Crippen molar-refractivity contribution in [3.05, 3.63) is 65.3 Å². The van der Waals surface area contributed by atoms with Crippen molar-refractivity contribution in [3.8, 4) is 11.5 Å². The molecular weight excluding hydrogens is 388 g/mol. The number of sulfone groups is 1. The fourth-order valence-electron chi connectivity index (χ4n) is 3.36. The summed E-state index contributed by atoms with van der Waals surface area (Å²) < 4.78 is 28.6. The van der Waals surface area contributed by atoms with E-state index < -0.39 is 15.9 Å². The first-order valence-electron chi connectivity index (χ1n) is 9.74. The SMILES string of the molecule is CC(C=CS(C)(=O)=O)NC(=O)c1cnc(C2CCCC2)cc1Oc1ccccc1. The van der Waals surface area contributed by atoms with Gasteiger partial charge in [-0.1, -0.05) is 37.1 Å². The first kappa shape index (κ1) is 21.0. The van der Waals surface area contributed by atoms with Crippen molar-refractivity contribution in [3.63, 3.8) is 0 Å². The largest absolute Gasteiger partial charge is 0.456 e. The lowest BCUT2D eigenvalue weighted by molar-refractivity contribution is 0.0944. The molecule has 1 heterocycles. The summed E-state index contributed by atoms with van der Waals surface area (Å²) in [6.45, 7) is 1.71. The average molecular weight is 415 g/mol. The molecule has 0 spiro atoms. The quantitative estimate of drug-likeness (QED) is 0.734. The van der Waals surface area contributed by atoms with Crippen LogP contribution < -0.4 is 10.1 Å². The number of rotatable bonds is 7. The van der Waals surface area contributed by atoms with Crippen LogP contribution >= 0.6 is 0 Å². The van der Waals surface area contributed by atoms with E-state index in [0.29, 0.717) is 23.0 Å². The Morgan fingerprint density at radius 2 is 1.93 bits per heavy atom. The van der Waals surface area contributed by atoms with Gasteiger partial charge in [-0.2, -0.15) is 0 Å². The standard InChI is InChI=1S/C22H26N2O4S/c1-16(12-13-29(2,26)27)24-22(25)19-15-23-20(17-8-6-7-9-17)14-21(19)28-18-10-4-3-5-11-18/h3-5,10-17H,6-9H2,1-2H3,(H,24,25). The van der Waals surface area contributed by atoms with E-state index in [2.05, 4.69) is 10.3 Å². The van der Waals surface area contributed by atoms with Gasteiger partial charge in [0.25, 0.3) is 5.91 Å². The minimum absolute atomic E-state index is 0.315. The van der Waals surface area contributed by atoms with Gasteiger partial charge in [-0.05, 0) is 31.9 Å². The van der Waals surface area contributed by atoms with Crippen LogP contribution in [-0.2, 0) is 9.84 Å². The highest BCUT2D eigenvalue weighted by molar-refractivity contribution is 7.93. The molecule has 1 aliphatic rings. The van der Waals surface area contributed by atoms with Crippen molar-refractivity contribution in [2.45, 2.75) is 44.6 Å². The number of pyridine rings is 1. The average Bonchev–Trinajstić information content (AvgIpc) is 3.21. The highest BCUT2D eigenvalue weighted by Crippen LogP contribution is 2.36. The van der Waals surface area contributed by atoms with Crippen molar-refractivity contribution in [2.24, 2.45) is 0 Å². The molecule has 1 atom stereocenters. The third kappa shape index (κ3) is 6.15. The lowest BCUT2D eigenvalue weighted by Gasteiger charge is -2.16.